The Kier molecular flexibility index (Phi) is 6.48. The Morgan fingerprint density at radius 2 is 1.74 bits per heavy atom. The van der Waals surface area contributed by atoms with Gasteiger partial charge in [-0.1, -0.05) is 49.4 Å². The molecule has 0 aromatic heterocycles. The fourth-order valence-corrected chi connectivity index (χ4v) is 2.32. The van der Waals surface area contributed by atoms with Crippen LogP contribution in [0.15, 0.2) is 54.6 Å². The number of hydrogen-bond donors (Lipinski definition) is 2. The van der Waals surface area contributed by atoms with Crippen LogP contribution in [0.4, 0.5) is 4.79 Å². The molecular formula is C19H24N2O2. The molecule has 1 atom stereocenters. The summed E-state index contributed by atoms with van der Waals surface area (Å²) in [6.45, 7) is 3.34. The number of methoxy groups -OCH3 is 1. The van der Waals surface area contributed by atoms with Crippen molar-refractivity contribution in [2.75, 3.05) is 20.2 Å². The van der Waals surface area contributed by atoms with Crippen molar-refractivity contribution in [3.63, 3.8) is 0 Å². The van der Waals surface area contributed by atoms with Crippen molar-refractivity contribution < 1.29 is 9.53 Å². The molecule has 122 valence electrons. The van der Waals surface area contributed by atoms with Crippen molar-refractivity contribution in [2.45, 2.75) is 19.3 Å². The minimum absolute atomic E-state index is 0.124. The summed E-state index contributed by atoms with van der Waals surface area (Å²) >= 11 is 0. The highest BCUT2D eigenvalue weighted by Gasteiger charge is 2.06. The van der Waals surface area contributed by atoms with Gasteiger partial charge in [0.05, 0.1) is 7.11 Å². The largest absolute Gasteiger partial charge is 0.497 e. The third-order valence-corrected chi connectivity index (χ3v) is 3.80. The number of rotatable bonds is 7. The summed E-state index contributed by atoms with van der Waals surface area (Å²) in [4.78, 5) is 11.8. The third kappa shape index (κ3) is 5.66. The van der Waals surface area contributed by atoms with Crippen molar-refractivity contribution in [1.29, 1.82) is 0 Å². The summed E-state index contributed by atoms with van der Waals surface area (Å²) in [7, 11) is 1.65. The SMILES string of the molecule is COc1ccc(CCNC(=O)NCC(C)c2ccccc2)cc1. The van der Waals surface area contributed by atoms with Crippen molar-refractivity contribution in [1.82, 2.24) is 10.6 Å². The standard InChI is InChI=1S/C19H24N2O2/c1-15(17-6-4-3-5-7-17)14-21-19(22)20-13-12-16-8-10-18(23-2)11-9-16/h3-11,15H,12-14H2,1-2H3,(H2,20,21,22). The molecule has 4 heteroatoms. The van der Waals surface area contributed by atoms with Gasteiger partial charge in [-0.05, 0) is 35.6 Å². The third-order valence-electron chi connectivity index (χ3n) is 3.80. The van der Waals surface area contributed by atoms with E-state index in [2.05, 4.69) is 29.7 Å². The van der Waals surface area contributed by atoms with Crippen molar-refractivity contribution in [2.24, 2.45) is 0 Å². The summed E-state index contributed by atoms with van der Waals surface area (Å²) in [5.74, 6) is 1.14. The van der Waals surface area contributed by atoms with Crippen LogP contribution in [-0.4, -0.2) is 26.2 Å². The minimum Gasteiger partial charge on any atom is -0.497 e. The molecule has 0 heterocycles. The first-order valence-electron chi connectivity index (χ1n) is 7.88. The van der Waals surface area contributed by atoms with Gasteiger partial charge >= 0.3 is 6.03 Å². The van der Waals surface area contributed by atoms with E-state index >= 15 is 0 Å². The van der Waals surface area contributed by atoms with E-state index < -0.39 is 0 Å². The number of amides is 2. The second-order valence-electron chi connectivity index (χ2n) is 5.55. The number of carbonyl (C=O) groups excluding carboxylic acids is 1. The molecule has 23 heavy (non-hydrogen) atoms. The number of ether oxygens (including phenoxy) is 1. The van der Waals surface area contributed by atoms with Crippen LogP contribution in [0, 0.1) is 0 Å². The Labute approximate surface area is 137 Å². The first-order chi connectivity index (χ1) is 11.2. The number of hydrogen-bond acceptors (Lipinski definition) is 2. The molecule has 0 fully saturated rings. The van der Waals surface area contributed by atoms with Crippen LogP contribution in [0.5, 0.6) is 5.75 Å². The van der Waals surface area contributed by atoms with Crippen molar-refractivity contribution in [3.8, 4) is 5.75 Å². The van der Waals surface area contributed by atoms with Crippen LogP contribution >= 0.6 is 0 Å². The molecule has 0 bridgehead atoms. The molecule has 4 nitrogen and oxygen atoms in total. The van der Waals surface area contributed by atoms with E-state index in [1.165, 1.54) is 11.1 Å². The van der Waals surface area contributed by atoms with Crippen molar-refractivity contribution in [3.05, 3.63) is 65.7 Å². The molecule has 0 saturated carbocycles. The topological polar surface area (TPSA) is 50.4 Å². The molecule has 0 aliphatic rings. The zero-order valence-corrected chi connectivity index (χ0v) is 13.7. The van der Waals surface area contributed by atoms with Crippen molar-refractivity contribution >= 4 is 6.03 Å². The lowest BCUT2D eigenvalue weighted by Crippen LogP contribution is -2.38. The maximum absolute atomic E-state index is 11.8. The highest BCUT2D eigenvalue weighted by atomic mass is 16.5. The Balaban J connectivity index is 1.66. The van der Waals surface area contributed by atoms with Crippen LogP contribution < -0.4 is 15.4 Å². The molecule has 0 radical (unpaired) electrons. The fourth-order valence-electron chi connectivity index (χ4n) is 2.32. The van der Waals surface area contributed by atoms with Gasteiger partial charge in [-0.2, -0.15) is 0 Å². The lowest BCUT2D eigenvalue weighted by molar-refractivity contribution is 0.240. The van der Waals surface area contributed by atoms with Gasteiger partial charge in [0.15, 0.2) is 0 Å². The summed E-state index contributed by atoms with van der Waals surface area (Å²) in [5.41, 5.74) is 2.40. The summed E-state index contributed by atoms with van der Waals surface area (Å²) in [6.07, 6.45) is 0.797. The number of carbonyl (C=O) groups is 1. The molecule has 0 spiro atoms. The van der Waals surface area contributed by atoms with Gasteiger partial charge in [0.25, 0.3) is 0 Å². The molecule has 2 N–H and O–H groups in total. The van der Waals surface area contributed by atoms with E-state index in [0.717, 1.165) is 12.2 Å². The number of benzene rings is 2. The van der Waals surface area contributed by atoms with E-state index in [1.54, 1.807) is 7.11 Å². The van der Waals surface area contributed by atoms with Gasteiger partial charge in [-0.15, -0.1) is 0 Å². The Morgan fingerprint density at radius 1 is 1.04 bits per heavy atom. The van der Waals surface area contributed by atoms with E-state index in [9.17, 15) is 4.79 Å². The van der Waals surface area contributed by atoms with E-state index in [-0.39, 0.29) is 6.03 Å². The minimum atomic E-state index is -0.124. The first-order valence-corrected chi connectivity index (χ1v) is 7.88. The second kappa shape index (κ2) is 8.83. The number of urea groups is 1. The fraction of sp³-hybridized carbons (Fsp3) is 0.316. The second-order valence-corrected chi connectivity index (χ2v) is 5.55. The lowest BCUT2D eigenvalue weighted by atomic mass is 10.0. The van der Waals surface area contributed by atoms with E-state index in [4.69, 9.17) is 4.74 Å². The molecule has 1 unspecified atom stereocenters. The van der Waals surface area contributed by atoms with Gasteiger partial charge in [0.1, 0.15) is 5.75 Å². The van der Waals surface area contributed by atoms with Crippen LogP contribution in [-0.2, 0) is 6.42 Å². The molecule has 0 aliphatic carbocycles. The molecule has 0 aliphatic heterocycles. The van der Waals surface area contributed by atoms with Gasteiger partial charge in [0, 0.05) is 13.1 Å². The van der Waals surface area contributed by atoms with Crippen LogP contribution in [0.3, 0.4) is 0 Å². The van der Waals surface area contributed by atoms with Gasteiger partial charge < -0.3 is 15.4 Å². The van der Waals surface area contributed by atoms with Gasteiger partial charge in [-0.3, -0.25) is 0 Å². The maximum Gasteiger partial charge on any atom is 0.314 e. The normalized spacial score (nSPS) is 11.6. The van der Waals surface area contributed by atoms with Crippen LogP contribution in [0.1, 0.15) is 24.0 Å². The molecule has 2 rings (SSSR count). The average molecular weight is 312 g/mol. The monoisotopic (exact) mass is 312 g/mol. The Morgan fingerprint density at radius 3 is 2.39 bits per heavy atom. The zero-order valence-electron chi connectivity index (χ0n) is 13.7. The van der Waals surface area contributed by atoms with Gasteiger partial charge in [-0.25, -0.2) is 4.79 Å². The Hall–Kier alpha value is -2.49. The molecule has 2 aromatic carbocycles. The quantitative estimate of drug-likeness (QED) is 0.824. The van der Waals surface area contributed by atoms with Crippen LogP contribution in [0.25, 0.3) is 0 Å². The van der Waals surface area contributed by atoms with E-state index in [0.29, 0.717) is 19.0 Å². The Bertz CT molecular complexity index is 597. The molecule has 0 saturated heterocycles. The van der Waals surface area contributed by atoms with Gasteiger partial charge in [0.2, 0.25) is 0 Å². The summed E-state index contributed by atoms with van der Waals surface area (Å²) in [6, 6.07) is 17.9. The lowest BCUT2D eigenvalue weighted by Gasteiger charge is -2.13. The maximum atomic E-state index is 11.8. The number of nitrogens with one attached hydrogen (secondary N) is 2. The van der Waals surface area contributed by atoms with E-state index in [1.807, 2.05) is 42.5 Å². The zero-order chi connectivity index (χ0) is 16.5. The highest BCUT2D eigenvalue weighted by Crippen LogP contribution is 2.13. The molecular weight excluding hydrogens is 288 g/mol. The highest BCUT2D eigenvalue weighted by molar-refractivity contribution is 5.73. The van der Waals surface area contributed by atoms with Crippen LogP contribution in [0.2, 0.25) is 0 Å². The summed E-state index contributed by atoms with van der Waals surface area (Å²) < 4.78 is 5.12. The molecule has 2 amide bonds. The molecule has 2 aromatic rings. The average Bonchev–Trinajstić information content (AvgIpc) is 2.61. The predicted molar refractivity (Wildman–Crippen MR) is 93.0 cm³/mol. The predicted octanol–water partition coefficient (Wildman–Crippen LogP) is 3.34. The smallest absolute Gasteiger partial charge is 0.314 e. The first kappa shape index (κ1) is 16.9. The summed E-state index contributed by atoms with van der Waals surface area (Å²) in [5, 5.41) is 5.80.